The summed E-state index contributed by atoms with van der Waals surface area (Å²) in [6.07, 6.45) is 8.32. The number of fused-ring (bicyclic) bond motifs is 2. The molecule has 1 aliphatic heterocycles. The van der Waals surface area contributed by atoms with Crippen molar-refractivity contribution in [2.24, 2.45) is 5.92 Å². The minimum atomic E-state index is -2.81. The molecule has 2 fully saturated rings. The van der Waals surface area contributed by atoms with Gasteiger partial charge in [-0.05, 0) is 79.3 Å². The monoisotopic (exact) mass is 595 g/mol. The van der Waals surface area contributed by atoms with Crippen LogP contribution in [-0.4, -0.2) is 65.2 Å². The molecule has 1 saturated carbocycles. The maximum absolute atomic E-state index is 13.4. The topological polar surface area (TPSA) is 120 Å². The highest BCUT2D eigenvalue weighted by molar-refractivity contribution is 5.84. The molecule has 1 saturated heterocycles. The van der Waals surface area contributed by atoms with Gasteiger partial charge in [0.05, 0.1) is 5.56 Å². The van der Waals surface area contributed by atoms with E-state index >= 15 is 0 Å². The van der Waals surface area contributed by atoms with Gasteiger partial charge in [0.25, 0.3) is 5.92 Å². The lowest BCUT2D eigenvalue weighted by atomic mass is 10.0. The number of likely N-dealkylation sites (tertiary alicyclic amines) is 1. The number of hydrogen-bond donors (Lipinski definition) is 2. The van der Waals surface area contributed by atoms with Crippen molar-refractivity contribution >= 4 is 22.9 Å². The first-order chi connectivity index (χ1) is 21.4. The summed E-state index contributed by atoms with van der Waals surface area (Å²) in [4.78, 5) is 28.2. The number of pyridine rings is 2. The van der Waals surface area contributed by atoms with E-state index in [-0.39, 0.29) is 18.5 Å². The summed E-state index contributed by atoms with van der Waals surface area (Å²) in [5.41, 5.74) is 11.9. The molecule has 1 aromatic carbocycles. The van der Waals surface area contributed by atoms with Gasteiger partial charge in [-0.3, -0.25) is 9.36 Å². The van der Waals surface area contributed by atoms with E-state index in [1.165, 1.54) is 11.1 Å². The number of nitrogens with one attached hydrogen (secondary N) is 1. The number of alkyl halides is 2. The van der Waals surface area contributed by atoms with E-state index in [1.54, 1.807) is 22.0 Å². The van der Waals surface area contributed by atoms with E-state index in [0.717, 1.165) is 42.5 Å². The highest BCUT2D eigenvalue weighted by atomic mass is 19.3. The van der Waals surface area contributed by atoms with Gasteiger partial charge in [0, 0.05) is 55.9 Å². The van der Waals surface area contributed by atoms with Crippen LogP contribution in [0.1, 0.15) is 42.9 Å². The summed E-state index contributed by atoms with van der Waals surface area (Å²) in [6.45, 7) is 1.03. The van der Waals surface area contributed by atoms with Crippen molar-refractivity contribution in [2.45, 2.75) is 50.1 Å². The number of imidazole rings is 1. The second-order valence-electron chi connectivity index (χ2n) is 11.9. The van der Waals surface area contributed by atoms with E-state index < -0.39 is 17.7 Å². The number of nitrogens with zero attached hydrogens (tertiary/aromatic N) is 7. The zero-order valence-electron chi connectivity index (χ0n) is 23.9. The summed E-state index contributed by atoms with van der Waals surface area (Å²) in [6, 6.07) is 16.3. The Kier molecular flexibility index (Phi) is 6.23. The van der Waals surface area contributed by atoms with Gasteiger partial charge in [0.2, 0.25) is 5.91 Å². The van der Waals surface area contributed by atoms with Crippen molar-refractivity contribution in [1.82, 2.24) is 39.5 Å². The molecule has 3 aliphatic rings. The summed E-state index contributed by atoms with van der Waals surface area (Å²) < 4.78 is 30.6. The summed E-state index contributed by atoms with van der Waals surface area (Å²) in [5, 5.41) is 8.14. The van der Waals surface area contributed by atoms with Crippen LogP contribution in [0.3, 0.4) is 0 Å². The maximum atomic E-state index is 13.4. The van der Waals surface area contributed by atoms with Gasteiger partial charge in [0.15, 0.2) is 17.3 Å². The predicted octanol–water partition coefficient (Wildman–Crippen LogP) is 4.47. The molecule has 2 aliphatic carbocycles. The van der Waals surface area contributed by atoms with Crippen LogP contribution >= 0.6 is 0 Å². The molecule has 10 nitrogen and oxygen atoms in total. The Labute approximate surface area is 251 Å². The molecule has 8 rings (SSSR count). The fourth-order valence-electron chi connectivity index (χ4n) is 6.68. The van der Waals surface area contributed by atoms with Crippen LogP contribution in [0.5, 0.6) is 0 Å². The number of aromatic nitrogens is 6. The molecular weight excluding hydrogens is 564 g/mol. The number of halogens is 2. The Bertz CT molecular complexity index is 1880. The van der Waals surface area contributed by atoms with Crippen molar-refractivity contribution in [1.29, 1.82) is 0 Å². The molecule has 5 heterocycles. The van der Waals surface area contributed by atoms with Gasteiger partial charge < -0.3 is 16.0 Å². The highest BCUT2D eigenvalue weighted by Crippen LogP contribution is 2.49. The van der Waals surface area contributed by atoms with Crippen molar-refractivity contribution < 1.29 is 13.6 Å². The van der Waals surface area contributed by atoms with Crippen molar-refractivity contribution in [3.05, 3.63) is 78.2 Å². The molecule has 0 spiro atoms. The van der Waals surface area contributed by atoms with E-state index in [4.69, 9.17) is 15.7 Å². The zero-order chi connectivity index (χ0) is 30.0. The van der Waals surface area contributed by atoms with Crippen LogP contribution in [0, 0.1) is 5.92 Å². The van der Waals surface area contributed by atoms with Gasteiger partial charge in [-0.15, -0.1) is 0 Å². The molecular formula is C32H31F2N9O. The van der Waals surface area contributed by atoms with Crippen LogP contribution in [-0.2, 0) is 11.2 Å². The number of amides is 1. The third-order valence-corrected chi connectivity index (χ3v) is 9.14. The first-order valence-electron chi connectivity index (χ1n) is 15.0. The number of nitrogens with two attached hydrogens (primary N) is 1. The lowest BCUT2D eigenvalue weighted by Gasteiger charge is -2.34. The largest absolute Gasteiger partial charge is 0.383 e. The fraction of sp³-hybridized carbons (Fsp3) is 0.344. The van der Waals surface area contributed by atoms with Gasteiger partial charge in [0.1, 0.15) is 17.3 Å². The number of piperidine rings is 1. The molecule has 3 N–H and O–H groups in total. The second-order valence-corrected chi connectivity index (χ2v) is 11.9. The SMILES string of the molecule is Nc1ncccc1-c1nc2ccc(-n3cccn3)nc2n1-c1ccc2c(c1)CCC2NC1CCN(C(=O)C2CC2(F)F)CC1. The molecule has 2 atom stereocenters. The van der Waals surface area contributed by atoms with Gasteiger partial charge in [-0.1, -0.05) is 6.07 Å². The number of carbonyl (C=O) groups is 1. The van der Waals surface area contributed by atoms with Gasteiger partial charge in [-0.25, -0.2) is 28.4 Å². The van der Waals surface area contributed by atoms with Crippen molar-refractivity contribution in [3.63, 3.8) is 0 Å². The average Bonchev–Trinajstić information content (AvgIpc) is 3.49. The highest BCUT2D eigenvalue weighted by Gasteiger charge is 2.62. The Morgan fingerprint density at radius 2 is 1.86 bits per heavy atom. The Balaban J connectivity index is 1.08. The second kappa shape index (κ2) is 10.2. The first-order valence-corrected chi connectivity index (χ1v) is 15.0. The quantitative estimate of drug-likeness (QED) is 0.297. The van der Waals surface area contributed by atoms with Crippen LogP contribution in [0.2, 0.25) is 0 Å². The van der Waals surface area contributed by atoms with Crippen LogP contribution in [0.25, 0.3) is 34.1 Å². The fourth-order valence-corrected chi connectivity index (χ4v) is 6.68. The van der Waals surface area contributed by atoms with Crippen molar-refractivity contribution in [2.75, 3.05) is 18.8 Å². The minimum absolute atomic E-state index is 0.191. The van der Waals surface area contributed by atoms with Gasteiger partial charge >= 0.3 is 0 Å². The molecule has 224 valence electrons. The van der Waals surface area contributed by atoms with E-state index in [9.17, 15) is 13.6 Å². The lowest BCUT2D eigenvalue weighted by Crippen LogP contribution is -2.46. The summed E-state index contributed by atoms with van der Waals surface area (Å²) >= 11 is 0. The molecule has 2 unspecified atom stereocenters. The average molecular weight is 596 g/mol. The number of anilines is 1. The third kappa shape index (κ3) is 4.60. The smallest absolute Gasteiger partial charge is 0.260 e. The number of benzene rings is 1. The Morgan fingerprint density at radius 3 is 2.61 bits per heavy atom. The van der Waals surface area contributed by atoms with E-state index in [1.807, 2.05) is 41.1 Å². The first kappa shape index (κ1) is 26.9. The normalized spacial score (nSPS) is 21.1. The lowest BCUT2D eigenvalue weighted by molar-refractivity contribution is -0.136. The van der Waals surface area contributed by atoms with Crippen molar-refractivity contribution in [3.8, 4) is 22.9 Å². The Hall–Kier alpha value is -4.71. The molecule has 0 radical (unpaired) electrons. The summed E-state index contributed by atoms with van der Waals surface area (Å²) in [5.74, 6) is -2.59. The number of rotatable bonds is 6. The Morgan fingerprint density at radius 1 is 1.02 bits per heavy atom. The zero-order valence-corrected chi connectivity index (χ0v) is 23.9. The number of carbonyl (C=O) groups excluding carboxylic acids is 1. The summed E-state index contributed by atoms with van der Waals surface area (Å²) in [7, 11) is 0. The molecule has 0 bridgehead atoms. The van der Waals surface area contributed by atoms with Crippen LogP contribution < -0.4 is 11.1 Å². The van der Waals surface area contributed by atoms with E-state index in [2.05, 4.69) is 33.6 Å². The number of nitrogen functional groups attached to an aromatic ring is 1. The predicted molar refractivity (Wildman–Crippen MR) is 160 cm³/mol. The molecule has 5 aromatic rings. The molecule has 4 aromatic heterocycles. The van der Waals surface area contributed by atoms with Crippen LogP contribution in [0.15, 0.2) is 67.1 Å². The maximum Gasteiger partial charge on any atom is 0.260 e. The van der Waals surface area contributed by atoms with Crippen LogP contribution in [0.4, 0.5) is 14.6 Å². The molecule has 12 heteroatoms. The number of hydrogen-bond acceptors (Lipinski definition) is 7. The molecule has 1 amide bonds. The minimum Gasteiger partial charge on any atom is -0.383 e. The standard InChI is InChI=1S/C32H31F2N9O/c33-32(34)18-24(32)31(44)41-15-10-20(11-16-41)38-25-7-4-19-17-21(5-6-22(19)25)43-29(23-3-1-12-36-28(23)35)39-26-8-9-27(40-30(26)43)42-14-2-13-37-42/h1-3,5-6,8-9,12-14,17,20,24-25,38H,4,7,10-11,15-16,18H2,(H2,35,36). The molecule has 44 heavy (non-hydrogen) atoms. The number of aryl methyl sites for hydroxylation is 1. The third-order valence-electron chi connectivity index (χ3n) is 9.14. The van der Waals surface area contributed by atoms with E-state index in [0.29, 0.717) is 36.2 Å². The van der Waals surface area contributed by atoms with Gasteiger partial charge in [-0.2, -0.15) is 5.10 Å².